The lowest BCUT2D eigenvalue weighted by molar-refractivity contribution is -0.0350. The number of rotatable bonds is 7. The summed E-state index contributed by atoms with van der Waals surface area (Å²) in [5.74, 6) is 0.279. The maximum Gasteiger partial charge on any atom is 0.328 e. The van der Waals surface area contributed by atoms with Gasteiger partial charge in [0.15, 0.2) is 10.9 Å². The predicted molar refractivity (Wildman–Crippen MR) is 127 cm³/mol. The summed E-state index contributed by atoms with van der Waals surface area (Å²) in [5, 5.41) is 14.3. The van der Waals surface area contributed by atoms with Gasteiger partial charge in [0.05, 0.1) is 10.8 Å². The highest BCUT2D eigenvalue weighted by molar-refractivity contribution is 8.93. The molecular weight excluding hydrogens is 516 g/mol. The number of unbranched alkanes of at least 4 members (excludes halogenated alkanes) is 1. The number of benzene rings is 1. The Morgan fingerprint density at radius 1 is 1.43 bits per heavy atom. The molecule has 1 aromatic rings. The molecule has 3 N–H and O–H groups in total. The van der Waals surface area contributed by atoms with E-state index in [-0.39, 0.29) is 38.7 Å². The first-order chi connectivity index (χ1) is 13.5. The van der Waals surface area contributed by atoms with E-state index in [9.17, 15) is 18.3 Å². The molecule has 1 unspecified atom stereocenters. The fourth-order valence-electron chi connectivity index (χ4n) is 2.69. The molecule has 0 spiro atoms. The van der Waals surface area contributed by atoms with Crippen molar-refractivity contribution in [1.29, 1.82) is 0 Å². The van der Waals surface area contributed by atoms with Crippen LogP contribution in [0.3, 0.4) is 0 Å². The van der Waals surface area contributed by atoms with Crippen LogP contribution in [-0.2, 0) is 15.7 Å². The number of carbonyl (C=O) groups is 1. The first kappa shape index (κ1) is 27.0. The average Bonchev–Trinajstić information content (AvgIpc) is 2.90. The molecule has 30 heavy (non-hydrogen) atoms. The van der Waals surface area contributed by atoms with Crippen molar-refractivity contribution in [2.45, 2.75) is 50.3 Å². The van der Waals surface area contributed by atoms with Crippen molar-refractivity contribution in [1.82, 2.24) is 14.9 Å². The van der Waals surface area contributed by atoms with Crippen LogP contribution in [0.5, 0.6) is 0 Å². The monoisotopic (exact) mass is 542 g/mol. The first-order valence-electron chi connectivity index (χ1n) is 9.28. The van der Waals surface area contributed by atoms with Gasteiger partial charge in [0.1, 0.15) is 4.90 Å². The molecule has 2 rings (SSSR count). The zero-order valence-electron chi connectivity index (χ0n) is 17.3. The quantitative estimate of drug-likeness (QED) is 0.455. The molecule has 2 amide bonds. The Hall–Kier alpha value is -1.01. The second-order valence-corrected chi connectivity index (χ2v) is 10.0. The smallest absolute Gasteiger partial charge is 0.328 e. The highest BCUT2D eigenvalue weighted by Crippen LogP contribution is 2.39. The Kier molecular flexibility index (Phi) is 9.94. The number of hydrogen-bond donors (Lipinski definition) is 3. The third-order valence-electron chi connectivity index (χ3n) is 4.34. The maximum absolute atomic E-state index is 12.7. The van der Waals surface area contributed by atoms with Gasteiger partial charge in [0.25, 0.3) is 10.0 Å². The zero-order chi connectivity index (χ0) is 21.8. The molecule has 0 bridgehead atoms. The number of hydrogen-bond acceptors (Lipinski definition) is 6. The Labute approximate surface area is 197 Å². The van der Waals surface area contributed by atoms with Gasteiger partial charge in [-0.15, -0.1) is 17.0 Å². The molecule has 170 valence electrons. The van der Waals surface area contributed by atoms with E-state index in [0.29, 0.717) is 17.3 Å². The van der Waals surface area contributed by atoms with E-state index in [1.165, 1.54) is 23.9 Å². The Bertz CT molecular complexity index is 898. The summed E-state index contributed by atoms with van der Waals surface area (Å²) >= 11 is 7.49. The molecule has 0 saturated carbocycles. The van der Waals surface area contributed by atoms with Crippen molar-refractivity contribution < 1.29 is 18.3 Å². The van der Waals surface area contributed by atoms with E-state index >= 15 is 0 Å². The van der Waals surface area contributed by atoms with Gasteiger partial charge in [-0.2, -0.15) is 0 Å². The number of carbonyl (C=O) groups excluding carboxylic acids is 1. The molecule has 12 heteroatoms. The summed E-state index contributed by atoms with van der Waals surface area (Å²) < 4.78 is 27.3. The van der Waals surface area contributed by atoms with Crippen molar-refractivity contribution in [2.24, 2.45) is 4.99 Å². The number of sulfonamides is 1. The van der Waals surface area contributed by atoms with Crippen molar-refractivity contribution in [3.8, 4) is 0 Å². The number of aliphatic imine (C=N–C) groups is 1. The number of nitrogens with one attached hydrogen (secondary N) is 2. The SMILES string of the molecule is Br.CCCCNC(=O)NS(=O)(=O)c1cc(C2(O)CSC(=NC(C)C)N2C)ccc1Cl. The molecule has 1 aliphatic rings. The highest BCUT2D eigenvalue weighted by Gasteiger charge is 2.43. The van der Waals surface area contributed by atoms with Crippen LogP contribution in [0.1, 0.15) is 39.2 Å². The minimum atomic E-state index is -4.22. The number of aliphatic hydroxyl groups is 1. The molecule has 1 fully saturated rings. The molecule has 0 aliphatic carbocycles. The molecule has 1 heterocycles. The van der Waals surface area contributed by atoms with Gasteiger partial charge < -0.3 is 15.3 Å². The average molecular weight is 544 g/mol. The molecule has 1 atom stereocenters. The van der Waals surface area contributed by atoms with Crippen LogP contribution < -0.4 is 10.0 Å². The first-order valence-corrected chi connectivity index (χ1v) is 12.1. The van der Waals surface area contributed by atoms with E-state index in [2.05, 4.69) is 10.3 Å². The lowest BCUT2D eigenvalue weighted by Crippen LogP contribution is -2.43. The van der Waals surface area contributed by atoms with Crippen LogP contribution in [0.25, 0.3) is 0 Å². The number of amidine groups is 1. The van der Waals surface area contributed by atoms with Crippen LogP contribution in [0.15, 0.2) is 28.1 Å². The summed E-state index contributed by atoms with van der Waals surface area (Å²) in [5.41, 5.74) is -1.10. The summed E-state index contributed by atoms with van der Waals surface area (Å²) in [7, 11) is -2.52. The third-order valence-corrected chi connectivity index (χ3v) is 7.34. The molecule has 0 aromatic heterocycles. The van der Waals surface area contributed by atoms with Gasteiger partial charge in [-0.3, -0.25) is 4.99 Å². The lowest BCUT2D eigenvalue weighted by atomic mass is 10.0. The second-order valence-electron chi connectivity index (χ2n) is 7.03. The van der Waals surface area contributed by atoms with Crippen LogP contribution in [0.4, 0.5) is 4.79 Å². The predicted octanol–water partition coefficient (Wildman–Crippen LogP) is 3.29. The number of nitrogens with zero attached hydrogens (tertiary/aromatic N) is 2. The van der Waals surface area contributed by atoms with Crippen LogP contribution in [0.2, 0.25) is 5.02 Å². The summed E-state index contributed by atoms with van der Waals surface area (Å²) in [6, 6.07) is 3.49. The van der Waals surface area contributed by atoms with E-state index in [0.717, 1.165) is 12.8 Å². The number of urea groups is 1. The van der Waals surface area contributed by atoms with Crippen molar-refractivity contribution in [3.05, 3.63) is 28.8 Å². The fraction of sp³-hybridized carbons (Fsp3) is 0.556. The second kappa shape index (κ2) is 11.0. The van der Waals surface area contributed by atoms with E-state index < -0.39 is 21.8 Å². The Morgan fingerprint density at radius 3 is 2.70 bits per heavy atom. The molecule has 8 nitrogen and oxygen atoms in total. The molecule has 1 aliphatic heterocycles. The zero-order valence-corrected chi connectivity index (χ0v) is 21.4. The van der Waals surface area contributed by atoms with Crippen LogP contribution in [0, 0.1) is 0 Å². The van der Waals surface area contributed by atoms with Crippen molar-refractivity contribution in [3.63, 3.8) is 0 Å². The lowest BCUT2D eigenvalue weighted by Gasteiger charge is -2.31. The summed E-state index contributed by atoms with van der Waals surface area (Å²) in [6.07, 6.45) is 1.61. The van der Waals surface area contributed by atoms with Gasteiger partial charge in [-0.25, -0.2) is 17.9 Å². The highest BCUT2D eigenvalue weighted by atomic mass is 79.9. The summed E-state index contributed by atoms with van der Waals surface area (Å²) in [6.45, 7) is 6.19. The number of halogens is 2. The van der Waals surface area contributed by atoms with Crippen molar-refractivity contribution >= 4 is 61.6 Å². The molecule has 1 aromatic carbocycles. The van der Waals surface area contributed by atoms with Gasteiger partial charge in [0.2, 0.25) is 0 Å². The Morgan fingerprint density at radius 2 is 2.10 bits per heavy atom. The van der Waals surface area contributed by atoms with Gasteiger partial charge in [-0.05, 0) is 32.4 Å². The minimum Gasteiger partial charge on any atom is -0.366 e. The largest absolute Gasteiger partial charge is 0.366 e. The minimum absolute atomic E-state index is 0. The fourth-order valence-corrected chi connectivity index (χ4v) is 5.46. The van der Waals surface area contributed by atoms with Crippen LogP contribution in [-0.4, -0.2) is 55.0 Å². The van der Waals surface area contributed by atoms with Gasteiger partial charge in [0, 0.05) is 25.2 Å². The van der Waals surface area contributed by atoms with E-state index in [1.54, 1.807) is 18.0 Å². The standard InChI is InChI=1S/C18H27ClN4O4S2.BrH/c1-5-6-9-20-16(24)22-29(26,27)15-10-13(7-8-14(15)19)18(25)11-28-17(23(18)4)21-12(2)3;/h7-8,10,12,25H,5-6,9,11H2,1-4H3,(H2,20,22,24);1H. The molecular formula is C18H28BrClN4O4S2. The number of amides is 2. The van der Waals surface area contributed by atoms with Gasteiger partial charge in [-0.1, -0.05) is 42.8 Å². The maximum atomic E-state index is 12.7. The normalized spacial score (nSPS) is 20.4. The Balaban J connectivity index is 0.00000450. The van der Waals surface area contributed by atoms with Crippen molar-refractivity contribution in [2.75, 3.05) is 19.3 Å². The van der Waals surface area contributed by atoms with Crippen LogP contribution >= 0.6 is 40.3 Å². The molecule has 0 radical (unpaired) electrons. The van der Waals surface area contributed by atoms with Gasteiger partial charge >= 0.3 is 6.03 Å². The molecule has 1 saturated heterocycles. The van der Waals surface area contributed by atoms with E-state index in [1.807, 2.05) is 25.5 Å². The van der Waals surface area contributed by atoms with E-state index in [4.69, 9.17) is 11.6 Å². The summed E-state index contributed by atoms with van der Waals surface area (Å²) in [4.78, 5) is 17.7. The number of thioether (sulfide) groups is 1. The topological polar surface area (TPSA) is 111 Å². The third kappa shape index (κ3) is 6.25.